The Morgan fingerprint density at radius 1 is 1.30 bits per heavy atom. The van der Waals surface area contributed by atoms with Gasteiger partial charge >= 0.3 is 0 Å². The lowest BCUT2D eigenvalue weighted by atomic mass is 9.75. The fourth-order valence-electron chi connectivity index (χ4n) is 3.46. The van der Waals surface area contributed by atoms with Crippen molar-refractivity contribution in [2.45, 2.75) is 65.4 Å². The first-order chi connectivity index (χ1) is 10.7. The lowest BCUT2D eigenvalue weighted by molar-refractivity contribution is -0.124. The molecule has 2 atom stereocenters. The van der Waals surface area contributed by atoms with E-state index < -0.39 is 0 Å². The normalized spacial score (nSPS) is 22.3. The zero-order valence-electron chi connectivity index (χ0n) is 16.2. The lowest BCUT2D eigenvalue weighted by Gasteiger charge is -2.39. The van der Waals surface area contributed by atoms with Gasteiger partial charge in [-0.3, -0.25) is 4.79 Å². The second-order valence-corrected chi connectivity index (χ2v) is 8.45. The Bertz CT molecular complexity index is 353. The smallest absolute Gasteiger partial charge is 0.220 e. The van der Waals surface area contributed by atoms with Crippen molar-refractivity contribution >= 4 is 5.91 Å². The van der Waals surface area contributed by atoms with E-state index in [0.717, 1.165) is 39.0 Å². The predicted octanol–water partition coefficient (Wildman–Crippen LogP) is 3.31. The maximum Gasteiger partial charge on any atom is 0.220 e. The molecule has 0 spiro atoms. The van der Waals surface area contributed by atoms with E-state index in [1.54, 1.807) is 0 Å². The molecule has 1 fully saturated rings. The summed E-state index contributed by atoms with van der Waals surface area (Å²) in [5.41, 5.74) is -0.0413. The summed E-state index contributed by atoms with van der Waals surface area (Å²) < 4.78 is 5.86. The molecule has 0 aromatic carbocycles. The van der Waals surface area contributed by atoms with Crippen molar-refractivity contribution in [2.75, 3.05) is 33.8 Å². The van der Waals surface area contributed by atoms with Crippen LogP contribution in [-0.2, 0) is 9.53 Å². The van der Waals surface area contributed by atoms with Crippen LogP contribution in [0.25, 0.3) is 0 Å². The van der Waals surface area contributed by atoms with E-state index in [1.165, 1.54) is 6.42 Å². The number of likely N-dealkylation sites (N-methyl/N-ethyl adjacent to an activating group) is 1. The first-order valence-electron chi connectivity index (χ1n) is 9.25. The number of hydrogen-bond donors (Lipinski definition) is 1. The molecule has 1 aliphatic rings. The summed E-state index contributed by atoms with van der Waals surface area (Å²) in [4.78, 5) is 14.4. The Labute approximate surface area is 143 Å². The van der Waals surface area contributed by atoms with Crippen LogP contribution in [0.15, 0.2) is 0 Å². The molecule has 136 valence electrons. The van der Waals surface area contributed by atoms with Gasteiger partial charge in [-0.05, 0) is 65.0 Å². The summed E-state index contributed by atoms with van der Waals surface area (Å²) in [6.45, 7) is 11.3. The minimum atomic E-state index is -0.0413. The molecule has 1 heterocycles. The summed E-state index contributed by atoms with van der Waals surface area (Å²) in [7, 11) is 4.06. The van der Waals surface area contributed by atoms with E-state index in [1.807, 2.05) is 14.1 Å². The largest absolute Gasteiger partial charge is 0.376 e. The molecule has 0 aromatic heterocycles. The molecular weight excluding hydrogens is 288 g/mol. The SMILES string of the molecule is CC(C)CC[C@H](CC(=O)NCCN(C)C)[C@H]1CCOC(C)(C)C1. The summed E-state index contributed by atoms with van der Waals surface area (Å²) in [6.07, 6.45) is 5.19. The van der Waals surface area contributed by atoms with Gasteiger partial charge in [-0.2, -0.15) is 0 Å². The van der Waals surface area contributed by atoms with Gasteiger partial charge in [0.15, 0.2) is 0 Å². The highest BCUT2D eigenvalue weighted by Crippen LogP contribution is 2.37. The molecule has 0 aromatic rings. The molecule has 4 nitrogen and oxygen atoms in total. The zero-order chi connectivity index (χ0) is 17.5. The summed E-state index contributed by atoms with van der Waals surface area (Å²) >= 11 is 0. The minimum absolute atomic E-state index is 0.0413. The number of ether oxygens (including phenoxy) is 1. The van der Waals surface area contributed by atoms with Crippen LogP contribution in [0.3, 0.4) is 0 Å². The molecule has 0 unspecified atom stereocenters. The van der Waals surface area contributed by atoms with Crippen molar-refractivity contribution in [3.8, 4) is 0 Å². The maximum absolute atomic E-state index is 12.3. The number of rotatable bonds is 9. The zero-order valence-corrected chi connectivity index (χ0v) is 16.2. The van der Waals surface area contributed by atoms with Gasteiger partial charge in [-0.25, -0.2) is 0 Å². The van der Waals surface area contributed by atoms with E-state index in [4.69, 9.17) is 4.74 Å². The predicted molar refractivity (Wildman–Crippen MR) is 96.5 cm³/mol. The monoisotopic (exact) mass is 326 g/mol. The average molecular weight is 327 g/mol. The molecule has 1 N–H and O–H groups in total. The van der Waals surface area contributed by atoms with Gasteiger partial charge in [-0.15, -0.1) is 0 Å². The van der Waals surface area contributed by atoms with Crippen LogP contribution < -0.4 is 5.32 Å². The maximum atomic E-state index is 12.3. The molecule has 0 radical (unpaired) electrons. The molecule has 1 saturated heterocycles. The Kier molecular flexibility index (Phi) is 8.56. The molecule has 0 aliphatic carbocycles. The van der Waals surface area contributed by atoms with E-state index in [2.05, 4.69) is 37.9 Å². The van der Waals surface area contributed by atoms with Gasteiger partial charge in [-0.1, -0.05) is 20.3 Å². The Morgan fingerprint density at radius 3 is 2.57 bits per heavy atom. The molecule has 0 saturated carbocycles. The quantitative estimate of drug-likeness (QED) is 0.707. The van der Waals surface area contributed by atoms with Crippen LogP contribution >= 0.6 is 0 Å². The van der Waals surface area contributed by atoms with Crippen molar-refractivity contribution in [3.05, 3.63) is 0 Å². The Hall–Kier alpha value is -0.610. The lowest BCUT2D eigenvalue weighted by Crippen LogP contribution is -2.39. The van der Waals surface area contributed by atoms with Crippen LogP contribution in [0.4, 0.5) is 0 Å². The summed E-state index contributed by atoms with van der Waals surface area (Å²) in [5.74, 6) is 2.00. The van der Waals surface area contributed by atoms with Crippen molar-refractivity contribution in [2.24, 2.45) is 17.8 Å². The van der Waals surface area contributed by atoms with Crippen LogP contribution in [0, 0.1) is 17.8 Å². The highest BCUT2D eigenvalue weighted by Gasteiger charge is 2.34. The molecule has 23 heavy (non-hydrogen) atoms. The van der Waals surface area contributed by atoms with Crippen molar-refractivity contribution < 1.29 is 9.53 Å². The first-order valence-corrected chi connectivity index (χ1v) is 9.25. The minimum Gasteiger partial charge on any atom is -0.376 e. The van der Waals surface area contributed by atoms with E-state index in [-0.39, 0.29) is 11.5 Å². The fraction of sp³-hybridized carbons (Fsp3) is 0.947. The van der Waals surface area contributed by atoms with Gasteiger partial charge < -0.3 is 15.0 Å². The van der Waals surface area contributed by atoms with E-state index >= 15 is 0 Å². The van der Waals surface area contributed by atoms with Gasteiger partial charge in [0.25, 0.3) is 0 Å². The second kappa shape index (κ2) is 9.63. The van der Waals surface area contributed by atoms with E-state index in [9.17, 15) is 4.79 Å². The van der Waals surface area contributed by atoms with E-state index in [0.29, 0.717) is 24.2 Å². The highest BCUT2D eigenvalue weighted by molar-refractivity contribution is 5.76. The molecule has 1 rings (SSSR count). The number of amides is 1. The van der Waals surface area contributed by atoms with Gasteiger partial charge in [0.2, 0.25) is 5.91 Å². The number of carbonyl (C=O) groups is 1. The average Bonchev–Trinajstić information content (AvgIpc) is 2.41. The third-order valence-electron chi connectivity index (χ3n) is 4.85. The molecule has 4 heteroatoms. The number of hydrogen-bond acceptors (Lipinski definition) is 3. The van der Waals surface area contributed by atoms with Crippen molar-refractivity contribution in [3.63, 3.8) is 0 Å². The number of carbonyl (C=O) groups excluding carboxylic acids is 1. The van der Waals surface area contributed by atoms with Crippen LogP contribution in [0.5, 0.6) is 0 Å². The highest BCUT2D eigenvalue weighted by atomic mass is 16.5. The van der Waals surface area contributed by atoms with Gasteiger partial charge in [0.05, 0.1) is 5.60 Å². The standard InChI is InChI=1S/C19H38N2O2/c1-15(2)7-8-16(13-18(22)20-10-11-21(5)6)17-9-12-23-19(3,4)14-17/h15-17H,7-14H2,1-6H3,(H,20,22)/t16-,17+/m1/s1. The van der Waals surface area contributed by atoms with Crippen molar-refractivity contribution in [1.82, 2.24) is 10.2 Å². The number of nitrogens with one attached hydrogen (secondary N) is 1. The first kappa shape index (κ1) is 20.4. The summed E-state index contributed by atoms with van der Waals surface area (Å²) in [5, 5.41) is 3.08. The fourth-order valence-corrected chi connectivity index (χ4v) is 3.46. The van der Waals surface area contributed by atoms with Crippen molar-refractivity contribution in [1.29, 1.82) is 0 Å². The Morgan fingerprint density at radius 2 is 2.00 bits per heavy atom. The third kappa shape index (κ3) is 8.71. The third-order valence-corrected chi connectivity index (χ3v) is 4.85. The van der Waals surface area contributed by atoms with Gasteiger partial charge in [0.1, 0.15) is 0 Å². The molecular formula is C19H38N2O2. The molecule has 1 amide bonds. The van der Waals surface area contributed by atoms with Crippen LogP contribution in [-0.4, -0.2) is 50.2 Å². The topological polar surface area (TPSA) is 41.6 Å². The molecule has 1 aliphatic heterocycles. The van der Waals surface area contributed by atoms with Gasteiger partial charge in [0, 0.05) is 26.1 Å². The number of nitrogens with zero attached hydrogens (tertiary/aromatic N) is 1. The summed E-state index contributed by atoms with van der Waals surface area (Å²) in [6, 6.07) is 0. The van der Waals surface area contributed by atoms with Crippen LogP contribution in [0.2, 0.25) is 0 Å². The Balaban J connectivity index is 2.55. The molecule has 0 bridgehead atoms. The van der Waals surface area contributed by atoms with Crippen LogP contribution in [0.1, 0.15) is 59.8 Å². The second-order valence-electron chi connectivity index (χ2n) is 8.45.